The van der Waals surface area contributed by atoms with Gasteiger partial charge in [-0.15, -0.1) is 0 Å². The van der Waals surface area contributed by atoms with Crippen molar-refractivity contribution in [2.24, 2.45) is 5.73 Å². The lowest BCUT2D eigenvalue weighted by atomic mass is 10.2. The number of anilines is 1. The molecule has 0 aliphatic carbocycles. The standard InChI is InChI=1S/C13H18FN3O2.C7H6F2O.C2H6O/c1-7-3-4-12(19-7)13(18)17-11-5-10(8(2)15)16-6-9(11)14;1-10-6-4-2-3-5(8)7(6)9;1-3-2/h5-8,12H,3-4,15H2,1-2H3,(H,16,17,18);2-4H,1H3;1-2H3. The molecule has 178 valence electrons. The van der Waals surface area contributed by atoms with E-state index in [1.165, 1.54) is 25.3 Å². The third kappa shape index (κ3) is 8.45. The van der Waals surface area contributed by atoms with E-state index in [4.69, 9.17) is 10.5 Å². The van der Waals surface area contributed by atoms with Gasteiger partial charge in [-0.1, -0.05) is 6.07 Å². The molecule has 2 aromatic rings. The number of hydrogen-bond acceptors (Lipinski definition) is 6. The fraction of sp³-hybridized carbons (Fsp3) is 0.455. The molecule has 1 amide bonds. The first kappa shape index (κ1) is 27.3. The van der Waals surface area contributed by atoms with Crippen LogP contribution in [0.4, 0.5) is 18.9 Å². The topological polar surface area (TPSA) is 95.7 Å². The van der Waals surface area contributed by atoms with Gasteiger partial charge < -0.3 is 25.3 Å². The highest BCUT2D eigenvalue weighted by atomic mass is 19.2. The molecule has 3 atom stereocenters. The minimum atomic E-state index is -0.940. The molecule has 10 heteroatoms. The number of hydrogen-bond donors (Lipinski definition) is 2. The van der Waals surface area contributed by atoms with E-state index in [9.17, 15) is 18.0 Å². The Balaban J connectivity index is 0.000000330. The molecule has 0 spiro atoms. The summed E-state index contributed by atoms with van der Waals surface area (Å²) in [7, 11) is 4.54. The normalized spacial score (nSPS) is 17.9. The first-order valence-corrected chi connectivity index (χ1v) is 9.90. The predicted octanol–water partition coefficient (Wildman–Crippen LogP) is 3.98. The zero-order valence-corrected chi connectivity index (χ0v) is 18.8. The van der Waals surface area contributed by atoms with Gasteiger partial charge in [-0.3, -0.25) is 9.78 Å². The van der Waals surface area contributed by atoms with Crippen LogP contribution in [-0.4, -0.2) is 44.4 Å². The fourth-order valence-corrected chi connectivity index (χ4v) is 2.65. The van der Waals surface area contributed by atoms with E-state index in [0.717, 1.165) is 18.7 Å². The number of nitrogens with two attached hydrogens (primary N) is 1. The summed E-state index contributed by atoms with van der Waals surface area (Å²) in [6.45, 7) is 3.65. The van der Waals surface area contributed by atoms with Crippen molar-refractivity contribution < 1.29 is 32.2 Å². The second-order valence-electron chi connectivity index (χ2n) is 7.04. The van der Waals surface area contributed by atoms with Gasteiger partial charge in [-0.25, -0.2) is 8.78 Å². The molecule has 0 bridgehead atoms. The molecule has 1 fully saturated rings. The zero-order valence-electron chi connectivity index (χ0n) is 18.8. The number of aromatic nitrogens is 1. The SMILES string of the molecule is CC1CCC(C(=O)Nc2cc(C(C)N)ncc2F)O1.COC.COc1cccc(F)c1F. The van der Waals surface area contributed by atoms with E-state index in [1.54, 1.807) is 21.1 Å². The largest absolute Gasteiger partial charge is 0.494 e. The van der Waals surface area contributed by atoms with Crippen LogP contribution in [-0.2, 0) is 14.3 Å². The monoisotopic (exact) mass is 457 g/mol. The molecule has 0 saturated carbocycles. The highest BCUT2D eigenvalue weighted by Gasteiger charge is 2.28. The Morgan fingerprint density at radius 1 is 1.22 bits per heavy atom. The Morgan fingerprint density at radius 2 is 1.88 bits per heavy atom. The van der Waals surface area contributed by atoms with E-state index in [0.29, 0.717) is 12.1 Å². The van der Waals surface area contributed by atoms with Crippen LogP contribution >= 0.6 is 0 Å². The molecule has 2 heterocycles. The van der Waals surface area contributed by atoms with Crippen molar-refractivity contribution in [2.75, 3.05) is 26.6 Å². The summed E-state index contributed by atoms with van der Waals surface area (Å²) in [6.07, 6.45) is 2.10. The molecule has 3 unspecified atom stereocenters. The predicted molar refractivity (Wildman–Crippen MR) is 115 cm³/mol. The molecular formula is C22H30F3N3O4. The van der Waals surface area contributed by atoms with Gasteiger partial charge in [0.1, 0.15) is 6.10 Å². The van der Waals surface area contributed by atoms with Crippen LogP contribution < -0.4 is 15.8 Å². The lowest BCUT2D eigenvalue weighted by Crippen LogP contribution is -2.28. The highest BCUT2D eigenvalue weighted by Crippen LogP contribution is 2.22. The first-order chi connectivity index (χ1) is 15.1. The molecule has 3 rings (SSSR count). The maximum absolute atomic E-state index is 13.6. The first-order valence-electron chi connectivity index (χ1n) is 9.90. The van der Waals surface area contributed by atoms with Crippen molar-refractivity contribution in [1.82, 2.24) is 4.98 Å². The Morgan fingerprint density at radius 3 is 2.38 bits per heavy atom. The van der Waals surface area contributed by atoms with Crippen molar-refractivity contribution in [3.63, 3.8) is 0 Å². The number of amides is 1. The maximum atomic E-state index is 13.6. The van der Waals surface area contributed by atoms with Crippen LogP contribution in [0.15, 0.2) is 30.5 Å². The minimum absolute atomic E-state index is 0.0673. The van der Waals surface area contributed by atoms with E-state index < -0.39 is 23.6 Å². The van der Waals surface area contributed by atoms with Crippen LogP contribution in [0.3, 0.4) is 0 Å². The van der Waals surface area contributed by atoms with Crippen molar-refractivity contribution >= 4 is 11.6 Å². The number of halogens is 3. The second-order valence-corrected chi connectivity index (χ2v) is 7.04. The molecule has 1 aromatic carbocycles. The van der Waals surface area contributed by atoms with Crippen molar-refractivity contribution in [2.45, 2.75) is 44.9 Å². The lowest BCUT2D eigenvalue weighted by molar-refractivity contribution is -0.126. The smallest absolute Gasteiger partial charge is 0.253 e. The summed E-state index contributed by atoms with van der Waals surface area (Å²) in [6, 6.07) is 4.92. The van der Waals surface area contributed by atoms with Crippen LogP contribution in [0, 0.1) is 17.5 Å². The average molecular weight is 457 g/mol. The molecule has 7 nitrogen and oxygen atoms in total. The van der Waals surface area contributed by atoms with Crippen LogP contribution in [0.25, 0.3) is 0 Å². The molecule has 0 radical (unpaired) electrons. The van der Waals surface area contributed by atoms with E-state index in [-0.39, 0.29) is 29.5 Å². The van der Waals surface area contributed by atoms with Gasteiger partial charge in [-0.05, 0) is 44.9 Å². The summed E-state index contributed by atoms with van der Waals surface area (Å²) in [5.74, 6) is -2.81. The second kappa shape index (κ2) is 13.7. The quantitative estimate of drug-likeness (QED) is 0.721. The molecule has 3 N–H and O–H groups in total. The summed E-state index contributed by atoms with van der Waals surface area (Å²) in [5, 5.41) is 2.53. The van der Waals surface area contributed by atoms with Gasteiger partial charge in [-0.2, -0.15) is 4.39 Å². The number of nitrogens with zero attached hydrogens (tertiary/aromatic N) is 1. The number of carbonyl (C=O) groups excluding carboxylic acids is 1. The van der Waals surface area contributed by atoms with Gasteiger partial charge in [0.25, 0.3) is 5.91 Å². The number of methoxy groups -OCH3 is 2. The Kier molecular flexibility index (Phi) is 11.7. The van der Waals surface area contributed by atoms with Crippen molar-refractivity contribution in [1.29, 1.82) is 0 Å². The Hall–Kier alpha value is -2.69. The number of nitrogens with one attached hydrogen (secondary N) is 1. The molecule has 1 aromatic heterocycles. The number of carbonyl (C=O) groups is 1. The summed E-state index contributed by atoms with van der Waals surface area (Å²) in [5.41, 5.74) is 6.30. The number of pyridine rings is 1. The number of ether oxygens (including phenoxy) is 3. The van der Waals surface area contributed by atoms with Gasteiger partial charge in [0.15, 0.2) is 17.4 Å². The third-order valence-electron chi connectivity index (χ3n) is 4.26. The van der Waals surface area contributed by atoms with Gasteiger partial charge >= 0.3 is 0 Å². The number of benzene rings is 1. The highest BCUT2D eigenvalue weighted by molar-refractivity contribution is 5.94. The van der Waals surface area contributed by atoms with Gasteiger partial charge in [0.05, 0.1) is 30.8 Å². The lowest BCUT2D eigenvalue weighted by Gasteiger charge is -2.13. The van der Waals surface area contributed by atoms with Crippen LogP contribution in [0.1, 0.15) is 38.4 Å². The van der Waals surface area contributed by atoms with Crippen molar-refractivity contribution in [3.05, 3.63) is 53.6 Å². The Bertz CT molecular complexity index is 868. The maximum Gasteiger partial charge on any atom is 0.253 e. The van der Waals surface area contributed by atoms with Gasteiger partial charge in [0, 0.05) is 20.3 Å². The van der Waals surface area contributed by atoms with Gasteiger partial charge in [0.2, 0.25) is 5.82 Å². The van der Waals surface area contributed by atoms with Crippen LogP contribution in [0.2, 0.25) is 0 Å². The average Bonchev–Trinajstić information content (AvgIpc) is 3.19. The third-order valence-corrected chi connectivity index (χ3v) is 4.26. The van der Waals surface area contributed by atoms with E-state index in [2.05, 4.69) is 19.8 Å². The van der Waals surface area contributed by atoms with Crippen LogP contribution in [0.5, 0.6) is 5.75 Å². The molecule has 32 heavy (non-hydrogen) atoms. The zero-order chi connectivity index (χ0) is 24.3. The summed E-state index contributed by atoms with van der Waals surface area (Å²) < 4.78 is 52.6. The minimum Gasteiger partial charge on any atom is -0.494 e. The summed E-state index contributed by atoms with van der Waals surface area (Å²) in [4.78, 5) is 15.8. The molecule has 1 aliphatic heterocycles. The molecular weight excluding hydrogens is 427 g/mol. The van der Waals surface area contributed by atoms with E-state index >= 15 is 0 Å². The Labute approximate surface area is 186 Å². The fourth-order valence-electron chi connectivity index (χ4n) is 2.65. The molecule has 1 saturated heterocycles. The number of rotatable bonds is 4. The summed E-state index contributed by atoms with van der Waals surface area (Å²) >= 11 is 0. The van der Waals surface area contributed by atoms with Crippen molar-refractivity contribution in [3.8, 4) is 5.75 Å². The molecule has 1 aliphatic rings. The van der Waals surface area contributed by atoms with E-state index in [1.807, 2.05) is 6.92 Å².